The highest BCUT2D eigenvalue weighted by molar-refractivity contribution is 5.90. The number of urea groups is 1. The van der Waals surface area contributed by atoms with Gasteiger partial charge in [-0.15, -0.1) is 5.10 Å². The van der Waals surface area contributed by atoms with E-state index in [9.17, 15) is 18.4 Å². The first-order chi connectivity index (χ1) is 16.3. The number of halogens is 2. The summed E-state index contributed by atoms with van der Waals surface area (Å²) in [5.74, 6) is -1.64. The minimum Gasteiger partial charge on any atom is -0.442 e. The van der Waals surface area contributed by atoms with E-state index >= 15 is 0 Å². The number of hydrogen-bond donors (Lipinski definition) is 3. The molecule has 14 heteroatoms. The zero-order valence-corrected chi connectivity index (χ0v) is 18.9. The van der Waals surface area contributed by atoms with Crippen molar-refractivity contribution >= 4 is 23.5 Å². The molecule has 12 nitrogen and oxygen atoms in total. The molecular weight excluding hydrogens is 454 g/mol. The first kappa shape index (κ1) is 25.1. The average molecular weight is 482 g/mol. The largest absolute Gasteiger partial charge is 0.442 e. The van der Waals surface area contributed by atoms with Crippen LogP contribution in [0.2, 0.25) is 0 Å². The molecule has 186 valence electrons. The lowest BCUT2D eigenvalue weighted by atomic mass is 10.2. The topological polar surface area (TPSA) is 128 Å². The Morgan fingerprint density at radius 3 is 2.68 bits per heavy atom. The van der Waals surface area contributed by atoms with Crippen molar-refractivity contribution in [3.63, 3.8) is 0 Å². The van der Waals surface area contributed by atoms with Crippen LogP contribution in [0.3, 0.4) is 0 Å². The van der Waals surface area contributed by atoms with Crippen LogP contribution in [-0.2, 0) is 11.3 Å². The van der Waals surface area contributed by atoms with Crippen LogP contribution in [0, 0.1) is 11.6 Å². The molecule has 1 fully saturated rings. The number of hydrazine groups is 1. The Labute approximate surface area is 195 Å². The minimum atomic E-state index is -0.821. The summed E-state index contributed by atoms with van der Waals surface area (Å²) in [6.45, 7) is 2.79. The molecule has 0 aliphatic carbocycles. The van der Waals surface area contributed by atoms with Gasteiger partial charge in [-0.25, -0.2) is 28.5 Å². The van der Waals surface area contributed by atoms with Gasteiger partial charge in [0.15, 0.2) is 11.6 Å². The molecule has 0 unspecified atom stereocenters. The van der Waals surface area contributed by atoms with Gasteiger partial charge in [-0.3, -0.25) is 9.91 Å². The Balaban J connectivity index is 1.63. The third kappa shape index (κ3) is 6.08. The lowest BCUT2D eigenvalue weighted by Crippen LogP contribution is -2.48. The van der Waals surface area contributed by atoms with Crippen molar-refractivity contribution < 1.29 is 28.2 Å². The maximum Gasteiger partial charge on any atom is 0.414 e. The highest BCUT2D eigenvalue weighted by Crippen LogP contribution is 2.31. The van der Waals surface area contributed by atoms with Crippen LogP contribution in [-0.4, -0.2) is 89.7 Å². The van der Waals surface area contributed by atoms with Gasteiger partial charge < -0.3 is 20.1 Å². The summed E-state index contributed by atoms with van der Waals surface area (Å²) in [5.41, 5.74) is 2.65. The Morgan fingerprint density at radius 2 is 2.06 bits per heavy atom. The van der Waals surface area contributed by atoms with Crippen molar-refractivity contribution in [1.29, 1.82) is 0 Å². The molecule has 1 aliphatic heterocycles. The Hall–Kier alpha value is -3.52. The smallest absolute Gasteiger partial charge is 0.414 e. The number of ether oxygens (including phenoxy) is 1. The molecule has 1 aliphatic rings. The number of likely N-dealkylation sites (N-methyl/N-ethyl adjacent to an activating group) is 1. The normalized spacial score (nSPS) is 15.4. The highest BCUT2D eigenvalue weighted by atomic mass is 19.1. The van der Waals surface area contributed by atoms with E-state index in [1.165, 1.54) is 32.7 Å². The maximum atomic E-state index is 15.0. The van der Waals surface area contributed by atoms with Crippen molar-refractivity contribution in [3.8, 4) is 0 Å². The fraction of sp³-hybridized carbons (Fsp3) is 0.500. The molecule has 0 spiro atoms. The molecule has 3 N–H and O–H groups in total. The molecule has 1 aromatic carbocycles. The second kappa shape index (κ2) is 11.6. The number of aliphatic hydroxyl groups is 1. The fourth-order valence-corrected chi connectivity index (χ4v) is 3.51. The molecule has 34 heavy (non-hydrogen) atoms. The van der Waals surface area contributed by atoms with Crippen LogP contribution in [0.25, 0.3) is 0 Å². The van der Waals surface area contributed by atoms with E-state index in [-0.39, 0.29) is 50.7 Å². The molecule has 0 bridgehead atoms. The number of rotatable bonds is 11. The van der Waals surface area contributed by atoms with Gasteiger partial charge in [-0.05, 0) is 6.92 Å². The summed E-state index contributed by atoms with van der Waals surface area (Å²) in [6.07, 6.45) is 1.88. The number of amides is 3. The summed E-state index contributed by atoms with van der Waals surface area (Å²) in [6, 6.07) is 1.75. The van der Waals surface area contributed by atoms with Crippen LogP contribution in [0.15, 0.2) is 24.5 Å². The molecule has 2 aromatic rings. The molecule has 1 saturated heterocycles. The quantitative estimate of drug-likeness (QED) is 0.396. The van der Waals surface area contributed by atoms with Crippen molar-refractivity contribution in [2.45, 2.75) is 19.6 Å². The Bertz CT molecular complexity index is 954. The number of nitrogens with one attached hydrogen (secondary N) is 2. The number of nitrogens with zero attached hydrogens (tertiary/aromatic N) is 6. The number of cyclic esters (lactones) is 1. The number of anilines is 2. The van der Waals surface area contributed by atoms with E-state index in [0.29, 0.717) is 6.54 Å². The Kier molecular flexibility index (Phi) is 8.54. The molecule has 0 saturated carbocycles. The first-order valence-electron chi connectivity index (χ1n) is 10.8. The summed E-state index contributed by atoms with van der Waals surface area (Å²) in [4.78, 5) is 26.7. The maximum absolute atomic E-state index is 15.0. The summed E-state index contributed by atoms with van der Waals surface area (Å²) >= 11 is 0. The standard InChI is InChI=1S/C20H28F2N8O4/c1-3-28(7-5-25-27(2)19(32)23-6-9-31)18-16(21)10-14(11-17(18)22)30-13-15(34-20(30)33)12-29-8-4-24-26-29/h4,8,10-11,15,25,31H,3,5-7,9,12-13H2,1-2H3,(H,23,32)/t15-/m0/s1. The summed E-state index contributed by atoms with van der Waals surface area (Å²) < 4.78 is 36.8. The zero-order chi connectivity index (χ0) is 24.7. The van der Waals surface area contributed by atoms with E-state index in [4.69, 9.17) is 9.84 Å². The summed E-state index contributed by atoms with van der Waals surface area (Å²) in [7, 11) is 1.49. The Morgan fingerprint density at radius 1 is 1.32 bits per heavy atom. The van der Waals surface area contributed by atoms with Crippen LogP contribution in [0.5, 0.6) is 0 Å². The molecule has 0 radical (unpaired) electrons. The SMILES string of the molecule is CCN(CCNN(C)C(=O)NCCO)c1c(F)cc(N2C[C@H](Cn3ccnn3)OC2=O)cc1F. The molecule has 1 atom stereocenters. The first-order valence-corrected chi connectivity index (χ1v) is 10.8. The molecule has 3 rings (SSSR count). The van der Waals surface area contributed by atoms with Gasteiger partial charge in [0.2, 0.25) is 0 Å². The van der Waals surface area contributed by atoms with Crippen molar-refractivity contribution in [2.24, 2.45) is 0 Å². The van der Waals surface area contributed by atoms with Crippen molar-refractivity contribution in [2.75, 3.05) is 56.2 Å². The predicted molar refractivity (Wildman–Crippen MR) is 118 cm³/mol. The third-order valence-electron chi connectivity index (χ3n) is 5.17. The number of carbonyl (C=O) groups excluding carboxylic acids is 2. The van der Waals surface area contributed by atoms with E-state index in [0.717, 1.165) is 12.1 Å². The highest BCUT2D eigenvalue weighted by Gasteiger charge is 2.34. The van der Waals surface area contributed by atoms with Gasteiger partial charge >= 0.3 is 12.1 Å². The lowest BCUT2D eigenvalue weighted by molar-refractivity contribution is 0.129. The third-order valence-corrected chi connectivity index (χ3v) is 5.17. The molecule has 1 aromatic heterocycles. The second-order valence-corrected chi connectivity index (χ2v) is 7.50. The van der Waals surface area contributed by atoms with Gasteiger partial charge in [-0.1, -0.05) is 5.21 Å². The number of aromatic nitrogens is 3. The van der Waals surface area contributed by atoms with Gasteiger partial charge in [0.05, 0.1) is 31.6 Å². The van der Waals surface area contributed by atoms with E-state index in [1.807, 2.05) is 0 Å². The average Bonchev–Trinajstić information content (AvgIpc) is 3.45. The van der Waals surface area contributed by atoms with E-state index in [2.05, 4.69) is 21.1 Å². The number of benzene rings is 1. The second-order valence-electron chi connectivity index (χ2n) is 7.50. The van der Waals surface area contributed by atoms with Gasteiger partial charge in [0, 0.05) is 51.6 Å². The fourth-order valence-electron chi connectivity index (χ4n) is 3.51. The van der Waals surface area contributed by atoms with Crippen LogP contribution in [0.4, 0.5) is 29.7 Å². The van der Waals surface area contributed by atoms with Gasteiger partial charge in [0.1, 0.15) is 11.8 Å². The van der Waals surface area contributed by atoms with Crippen molar-refractivity contribution in [3.05, 3.63) is 36.2 Å². The van der Waals surface area contributed by atoms with Crippen LogP contribution < -0.4 is 20.5 Å². The number of hydrogen-bond acceptors (Lipinski definition) is 8. The summed E-state index contributed by atoms with van der Waals surface area (Å²) in [5, 5.41) is 19.9. The molecule has 2 heterocycles. The molecular formula is C20H28F2N8O4. The monoisotopic (exact) mass is 482 g/mol. The van der Waals surface area contributed by atoms with Crippen LogP contribution >= 0.6 is 0 Å². The van der Waals surface area contributed by atoms with E-state index in [1.54, 1.807) is 13.1 Å². The lowest BCUT2D eigenvalue weighted by Gasteiger charge is -2.27. The minimum absolute atomic E-state index is 0.0549. The van der Waals surface area contributed by atoms with Crippen molar-refractivity contribution in [1.82, 2.24) is 30.7 Å². The van der Waals surface area contributed by atoms with Crippen LogP contribution in [0.1, 0.15) is 6.92 Å². The van der Waals surface area contributed by atoms with E-state index < -0.39 is 29.9 Å². The van der Waals surface area contributed by atoms with Gasteiger partial charge in [-0.2, -0.15) is 0 Å². The number of aliphatic hydroxyl groups excluding tert-OH is 1. The number of carbonyl (C=O) groups is 2. The molecule has 3 amide bonds. The zero-order valence-electron chi connectivity index (χ0n) is 18.9. The predicted octanol–water partition coefficient (Wildman–Crippen LogP) is 0.546. The van der Waals surface area contributed by atoms with Gasteiger partial charge in [0.25, 0.3) is 0 Å².